The Kier molecular flexibility index (Phi) is 18.9. The second-order valence-corrected chi connectivity index (χ2v) is 7.20. The molecule has 0 aliphatic carbocycles. The van der Waals surface area contributed by atoms with Gasteiger partial charge in [-0.25, -0.2) is 0 Å². The van der Waals surface area contributed by atoms with Crippen molar-refractivity contribution in [3.63, 3.8) is 0 Å². The van der Waals surface area contributed by atoms with Gasteiger partial charge in [0.05, 0.1) is 18.0 Å². The molecule has 0 heterocycles. The predicted octanol–water partition coefficient (Wildman–Crippen LogP) is 5.35. The van der Waals surface area contributed by atoms with Crippen LogP contribution in [0.3, 0.4) is 0 Å². The maximum absolute atomic E-state index is 11.7. The summed E-state index contributed by atoms with van der Waals surface area (Å²) in [7, 11) is 0. The summed E-state index contributed by atoms with van der Waals surface area (Å²) in [6.45, 7) is 1.79. The van der Waals surface area contributed by atoms with Gasteiger partial charge in [0.2, 0.25) is 0 Å². The molecule has 0 amide bonds. The van der Waals surface area contributed by atoms with Crippen molar-refractivity contribution >= 4 is 18.4 Å². The van der Waals surface area contributed by atoms with Gasteiger partial charge in [0, 0.05) is 6.42 Å². The Morgan fingerprint density at radius 2 is 1.33 bits per heavy atom. The van der Waals surface area contributed by atoms with Crippen LogP contribution in [0.2, 0.25) is 0 Å². The van der Waals surface area contributed by atoms with E-state index in [1.54, 1.807) is 0 Å². The number of allylic oxidation sites excluding steroid dienone is 8. The van der Waals surface area contributed by atoms with Crippen molar-refractivity contribution in [3.8, 4) is 0 Å². The SMILES string of the molecule is CCCCCC=CCC=CCC=CCC=CCCCC(=O)C(S)C(O)CO. The molecule has 0 rings (SSSR count). The van der Waals surface area contributed by atoms with Crippen molar-refractivity contribution in [1.82, 2.24) is 0 Å². The van der Waals surface area contributed by atoms with E-state index in [-0.39, 0.29) is 5.78 Å². The molecule has 3 nitrogen and oxygen atoms in total. The lowest BCUT2D eigenvalue weighted by Gasteiger charge is -2.13. The zero-order chi connectivity index (χ0) is 20.2. The van der Waals surface area contributed by atoms with E-state index in [0.29, 0.717) is 6.42 Å². The minimum absolute atomic E-state index is 0.115. The van der Waals surface area contributed by atoms with Gasteiger partial charge >= 0.3 is 0 Å². The molecule has 27 heavy (non-hydrogen) atoms. The third-order valence-electron chi connectivity index (χ3n) is 4.13. The van der Waals surface area contributed by atoms with Crippen LogP contribution in [-0.2, 0) is 4.79 Å². The van der Waals surface area contributed by atoms with E-state index < -0.39 is 18.0 Å². The summed E-state index contributed by atoms with van der Waals surface area (Å²) in [4.78, 5) is 11.7. The molecule has 2 N–H and O–H groups in total. The van der Waals surface area contributed by atoms with Gasteiger partial charge in [-0.3, -0.25) is 4.79 Å². The van der Waals surface area contributed by atoms with Crippen molar-refractivity contribution in [1.29, 1.82) is 0 Å². The van der Waals surface area contributed by atoms with Crippen LogP contribution in [0.15, 0.2) is 48.6 Å². The molecule has 0 saturated carbocycles. The van der Waals surface area contributed by atoms with E-state index in [4.69, 9.17) is 5.11 Å². The highest BCUT2D eigenvalue weighted by atomic mass is 32.1. The minimum Gasteiger partial charge on any atom is -0.394 e. The van der Waals surface area contributed by atoms with Gasteiger partial charge in [0.15, 0.2) is 0 Å². The van der Waals surface area contributed by atoms with Gasteiger partial charge in [0.1, 0.15) is 5.78 Å². The lowest BCUT2D eigenvalue weighted by molar-refractivity contribution is -0.120. The van der Waals surface area contributed by atoms with Gasteiger partial charge < -0.3 is 10.2 Å². The summed E-state index contributed by atoms with van der Waals surface area (Å²) in [5.41, 5.74) is 0. The molecule has 0 spiro atoms. The number of ketones is 1. The molecule has 2 unspecified atom stereocenters. The third-order valence-corrected chi connectivity index (χ3v) is 4.77. The Morgan fingerprint density at radius 1 is 0.852 bits per heavy atom. The van der Waals surface area contributed by atoms with E-state index in [2.05, 4.69) is 68.2 Å². The first kappa shape index (κ1) is 25.9. The van der Waals surface area contributed by atoms with Crippen LogP contribution in [0.1, 0.15) is 71.1 Å². The quantitative estimate of drug-likeness (QED) is 0.177. The first-order valence-electron chi connectivity index (χ1n) is 10.2. The number of Topliss-reactive ketones (excluding diaryl/α,β-unsaturated/α-hetero) is 1. The topological polar surface area (TPSA) is 57.5 Å². The molecule has 0 radical (unpaired) electrons. The van der Waals surface area contributed by atoms with E-state index >= 15 is 0 Å². The lowest BCUT2D eigenvalue weighted by atomic mass is 10.1. The van der Waals surface area contributed by atoms with Crippen LogP contribution in [0.4, 0.5) is 0 Å². The van der Waals surface area contributed by atoms with Crippen molar-refractivity contribution in [2.24, 2.45) is 0 Å². The maximum Gasteiger partial charge on any atom is 0.148 e. The van der Waals surface area contributed by atoms with Crippen molar-refractivity contribution in [2.45, 2.75) is 82.5 Å². The summed E-state index contributed by atoms with van der Waals surface area (Å²) in [6, 6.07) is 0. The lowest BCUT2D eigenvalue weighted by Crippen LogP contribution is -2.31. The van der Waals surface area contributed by atoms with Gasteiger partial charge in [-0.05, 0) is 44.9 Å². The number of aliphatic hydroxyl groups is 2. The second-order valence-electron chi connectivity index (χ2n) is 6.64. The van der Waals surface area contributed by atoms with Crippen LogP contribution in [0.5, 0.6) is 0 Å². The summed E-state index contributed by atoms with van der Waals surface area (Å²) >= 11 is 4.04. The highest BCUT2D eigenvalue weighted by molar-refractivity contribution is 7.81. The fraction of sp³-hybridized carbons (Fsp3) is 0.609. The van der Waals surface area contributed by atoms with Crippen LogP contribution >= 0.6 is 12.6 Å². The molecule has 0 saturated heterocycles. The standard InChI is InChI=1S/C23H38O3S/c1-2-3-4-5-6-7-8-9-10-11-12-13-14-15-16-17-18-19-21(25)23(27)22(26)20-24/h6-7,9-10,12-13,15-16,22-24,26-27H,2-5,8,11,14,17-20H2,1H3. The number of rotatable bonds is 17. The Hall–Kier alpha value is -1.10. The normalized spacial score (nSPS) is 14.8. The molecule has 4 heteroatoms. The summed E-state index contributed by atoms with van der Waals surface area (Å²) < 4.78 is 0. The number of carbonyl (C=O) groups excluding carboxylic acids is 1. The molecular weight excluding hydrogens is 356 g/mol. The van der Waals surface area contributed by atoms with Gasteiger partial charge in [-0.1, -0.05) is 68.4 Å². The van der Waals surface area contributed by atoms with Crippen LogP contribution < -0.4 is 0 Å². The molecule has 0 aliphatic heterocycles. The van der Waals surface area contributed by atoms with E-state index in [1.807, 2.05) is 0 Å². The number of aliphatic hydroxyl groups excluding tert-OH is 2. The van der Waals surface area contributed by atoms with Crippen LogP contribution in [0.25, 0.3) is 0 Å². The fourth-order valence-corrected chi connectivity index (χ4v) is 2.64. The van der Waals surface area contributed by atoms with Crippen molar-refractivity contribution < 1.29 is 15.0 Å². The fourth-order valence-electron chi connectivity index (χ4n) is 2.42. The average Bonchev–Trinajstić information content (AvgIpc) is 2.68. The zero-order valence-electron chi connectivity index (χ0n) is 16.8. The van der Waals surface area contributed by atoms with Crippen LogP contribution in [-0.4, -0.2) is 34.0 Å². The van der Waals surface area contributed by atoms with Crippen molar-refractivity contribution in [2.75, 3.05) is 6.61 Å². The first-order valence-corrected chi connectivity index (χ1v) is 10.7. The maximum atomic E-state index is 11.7. The highest BCUT2D eigenvalue weighted by Gasteiger charge is 2.21. The van der Waals surface area contributed by atoms with Crippen molar-refractivity contribution in [3.05, 3.63) is 48.6 Å². The summed E-state index contributed by atoms with van der Waals surface area (Å²) in [5.74, 6) is -0.115. The third kappa shape index (κ3) is 16.8. The van der Waals surface area contributed by atoms with Gasteiger partial charge in [0.25, 0.3) is 0 Å². The average molecular weight is 395 g/mol. The van der Waals surface area contributed by atoms with E-state index in [9.17, 15) is 9.90 Å². The number of hydrogen-bond acceptors (Lipinski definition) is 4. The molecular formula is C23H38O3S. The summed E-state index contributed by atoms with van der Waals surface area (Å²) in [6.07, 6.45) is 26.3. The van der Waals surface area contributed by atoms with Gasteiger partial charge in [-0.15, -0.1) is 0 Å². The Bertz CT molecular complexity index is 466. The number of hydrogen-bond donors (Lipinski definition) is 3. The first-order chi connectivity index (χ1) is 13.1. The van der Waals surface area contributed by atoms with Gasteiger partial charge in [-0.2, -0.15) is 12.6 Å². The second kappa shape index (κ2) is 19.7. The van der Waals surface area contributed by atoms with E-state index in [1.165, 1.54) is 25.7 Å². The molecule has 0 aliphatic rings. The number of carbonyl (C=O) groups is 1. The number of thiol groups is 1. The molecule has 0 fully saturated rings. The molecule has 0 bridgehead atoms. The van der Waals surface area contributed by atoms with Crippen LogP contribution in [0, 0.1) is 0 Å². The molecule has 2 atom stereocenters. The highest BCUT2D eigenvalue weighted by Crippen LogP contribution is 2.09. The summed E-state index contributed by atoms with van der Waals surface area (Å²) in [5, 5.41) is 17.4. The number of unbranched alkanes of at least 4 members (excludes halogenated alkanes) is 4. The molecule has 0 aromatic rings. The predicted molar refractivity (Wildman–Crippen MR) is 119 cm³/mol. The molecule has 154 valence electrons. The van der Waals surface area contributed by atoms with E-state index in [0.717, 1.165) is 32.1 Å². The largest absolute Gasteiger partial charge is 0.394 e. The molecule has 0 aromatic carbocycles. The monoisotopic (exact) mass is 394 g/mol. The Morgan fingerprint density at radius 3 is 1.81 bits per heavy atom. The smallest absolute Gasteiger partial charge is 0.148 e. The minimum atomic E-state index is -1.07. The Labute approximate surface area is 171 Å². The molecule has 0 aromatic heterocycles. The Balaban J connectivity index is 3.60. The zero-order valence-corrected chi connectivity index (χ0v) is 17.7.